The molecule has 4 nitrogen and oxygen atoms in total. The second-order valence-corrected chi connectivity index (χ2v) is 6.01. The van der Waals surface area contributed by atoms with E-state index in [4.69, 9.17) is 4.74 Å². The summed E-state index contributed by atoms with van der Waals surface area (Å²) in [6.45, 7) is 8.45. The summed E-state index contributed by atoms with van der Waals surface area (Å²) in [5.41, 5.74) is 0. The second-order valence-electron chi connectivity index (χ2n) is 6.01. The van der Waals surface area contributed by atoms with Crippen molar-refractivity contribution < 1.29 is 9.53 Å². The Balaban J connectivity index is 1.67. The molecule has 0 spiro atoms. The zero-order chi connectivity index (χ0) is 13.0. The number of carbonyl (C=O) groups excluding carboxylic acids is 1. The van der Waals surface area contributed by atoms with E-state index in [0.717, 1.165) is 39.1 Å². The Bertz CT molecular complexity index is 267. The minimum Gasteiger partial charge on any atom is -0.377 e. The summed E-state index contributed by atoms with van der Waals surface area (Å²) in [7, 11) is 0. The smallest absolute Gasteiger partial charge is 0.236 e. The van der Waals surface area contributed by atoms with E-state index in [9.17, 15) is 4.79 Å². The lowest BCUT2D eigenvalue weighted by Crippen LogP contribution is -2.46. The van der Waals surface area contributed by atoms with E-state index in [0.29, 0.717) is 24.5 Å². The Morgan fingerprint density at radius 1 is 1.33 bits per heavy atom. The zero-order valence-corrected chi connectivity index (χ0v) is 11.7. The van der Waals surface area contributed by atoms with E-state index < -0.39 is 0 Å². The lowest BCUT2D eigenvalue weighted by molar-refractivity contribution is -0.132. The SMILES string of the molecule is CC1CC(C)CN(C(=O)CNCC2CCCO2)C1. The molecule has 4 heteroatoms. The summed E-state index contributed by atoms with van der Waals surface area (Å²) in [5, 5.41) is 3.24. The molecule has 2 aliphatic rings. The Morgan fingerprint density at radius 3 is 2.67 bits per heavy atom. The molecule has 2 fully saturated rings. The summed E-state index contributed by atoms with van der Waals surface area (Å²) in [6, 6.07) is 0. The molecule has 3 atom stereocenters. The van der Waals surface area contributed by atoms with Gasteiger partial charge in [0.1, 0.15) is 0 Å². The van der Waals surface area contributed by atoms with Gasteiger partial charge in [0, 0.05) is 26.2 Å². The van der Waals surface area contributed by atoms with E-state index in [1.54, 1.807) is 0 Å². The van der Waals surface area contributed by atoms with E-state index in [1.807, 2.05) is 4.90 Å². The summed E-state index contributed by atoms with van der Waals surface area (Å²) in [6.07, 6.45) is 3.84. The van der Waals surface area contributed by atoms with Crippen molar-refractivity contribution in [3.05, 3.63) is 0 Å². The number of amides is 1. The van der Waals surface area contributed by atoms with Crippen LogP contribution < -0.4 is 5.32 Å². The Hall–Kier alpha value is -0.610. The molecule has 1 amide bonds. The maximum absolute atomic E-state index is 12.1. The van der Waals surface area contributed by atoms with Crippen LogP contribution in [0.5, 0.6) is 0 Å². The first-order chi connectivity index (χ1) is 8.65. The van der Waals surface area contributed by atoms with Crippen molar-refractivity contribution in [1.82, 2.24) is 10.2 Å². The number of ether oxygens (including phenoxy) is 1. The normalized spacial score (nSPS) is 32.8. The third kappa shape index (κ3) is 3.95. The number of likely N-dealkylation sites (tertiary alicyclic amines) is 1. The quantitative estimate of drug-likeness (QED) is 0.821. The van der Waals surface area contributed by atoms with Gasteiger partial charge in [-0.15, -0.1) is 0 Å². The molecule has 104 valence electrons. The van der Waals surface area contributed by atoms with Gasteiger partial charge >= 0.3 is 0 Å². The fourth-order valence-electron chi connectivity index (χ4n) is 3.12. The average Bonchev–Trinajstić information content (AvgIpc) is 2.80. The monoisotopic (exact) mass is 254 g/mol. The first-order valence-electron chi connectivity index (χ1n) is 7.25. The largest absolute Gasteiger partial charge is 0.377 e. The predicted molar refractivity (Wildman–Crippen MR) is 71.4 cm³/mol. The molecule has 1 N–H and O–H groups in total. The summed E-state index contributed by atoms with van der Waals surface area (Å²) in [4.78, 5) is 14.1. The van der Waals surface area contributed by atoms with Crippen molar-refractivity contribution in [2.24, 2.45) is 11.8 Å². The number of carbonyl (C=O) groups is 1. The van der Waals surface area contributed by atoms with Crippen LogP contribution in [0.25, 0.3) is 0 Å². The average molecular weight is 254 g/mol. The molecule has 2 aliphatic heterocycles. The highest BCUT2D eigenvalue weighted by molar-refractivity contribution is 5.78. The minimum absolute atomic E-state index is 0.242. The highest BCUT2D eigenvalue weighted by Gasteiger charge is 2.25. The lowest BCUT2D eigenvalue weighted by atomic mass is 9.92. The van der Waals surface area contributed by atoms with Gasteiger partial charge in [-0.3, -0.25) is 4.79 Å². The van der Waals surface area contributed by atoms with Crippen LogP contribution >= 0.6 is 0 Å². The van der Waals surface area contributed by atoms with Gasteiger partial charge in [-0.1, -0.05) is 13.8 Å². The van der Waals surface area contributed by atoms with Gasteiger partial charge < -0.3 is 15.0 Å². The number of hydrogen-bond donors (Lipinski definition) is 1. The third-order valence-corrected chi connectivity index (χ3v) is 3.89. The van der Waals surface area contributed by atoms with E-state index >= 15 is 0 Å². The fraction of sp³-hybridized carbons (Fsp3) is 0.929. The first kappa shape index (κ1) is 13.8. The molecule has 0 radical (unpaired) electrons. The lowest BCUT2D eigenvalue weighted by Gasteiger charge is -2.35. The van der Waals surface area contributed by atoms with Gasteiger partial charge in [0.05, 0.1) is 12.6 Å². The number of rotatable bonds is 4. The number of hydrogen-bond acceptors (Lipinski definition) is 3. The van der Waals surface area contributed by atoms with Crippen molar-refractivity contribution >= 4 is 5.91 Å². The third-order valence-electron chi connectivity index (χ3n) is 3.89. The van der Waals surface area contributed by atoms with Gasteiger partial charge in [0.25, 0.3) is 0 Å². The molecule has 2 rings (SSSR count). The fourth-order valence-corrected chi connectivity index (χ4v) is 3.12. The molecular formula is C14H26N2O2. The topological polar surface area (TPSA) is 41.6 Å². The molecule has 2 saturated heterocycles. The van der Waals surface area contributed by atoms with Crippen molar-refractivity contribution in [2.45, 2.75) is 39.2 Å². The summed E-state index contributed by atoms with van der Waals surface area (Å²) >= 11 is 0. The molecule has 18 heavy (non-hydrogen) atoms. The molecule has 0 aromatic carbocycles. The first-order valence-corrected chi connectivity index (χ1v) is 7.25. The molecular weight excluding hydrogens is 228 g/mol. The van der Waals surface area contributed by atoms with Crippen LogP contribution in [0.4, 0.5) is 0 Å². The van der Waals surface area contributed by atoms with Crippen LogP contribution in [0.1, 0.15) is 33.1 Å². The highest BCUT2D eigenvalue weighted by atomic mass is 16.5. The molecule has 3 unspecified atom stereocenters. The van der Waals surface area contributed by atoms with Crippen molar-refractivity contribution in [2.75, 3.05) is 32.8 Å². The van der Waals surface area contributed by atoms with Crippen LogP contribution in [-0.2, 0) is 9.53 Å². The summed E-state index contributed by atoms with van der Waals surface area (Å²) in [5.74, 6) is 1.51. The maximum atomic E-state index is 12.1. The molecule has 0 aromatic heterocycles. The zero-order valence-electron chi connectivity index (χ0n) is 11.7. The van der Waals surface area contributed by atoms with Crippen molar-refractivity contribution in [1.29, 1.82) is 0 Å². The maximum Gasteiger partial charge on any atom is 0.236 e. The second kappa shape index (κ2) is 6.53. The minimum atomic E-state index is 0.242. The number of nitrogens with zero attached hydrogens (tertiary/aromatic N) is 1. The molecule has 2 heterocycles. The Labute approximate surface area is 110 Å². The number of piperidine rings is 1. The van der Waals surface area contributed by atoms with Gasteiger partial charge in [-0.2, -0.15) is 0 Å². The molecule has 0 bridgehead atoms. The number of nitrogens with one attached hydrogen (secondary N) is 1. The van der Waals surface area contributed by atoms with Gasteiger partial charge in [0.2, 0.25) is 5.91 Å². The van der Waals surface area contributed by atoms with Crippen molar-refractivity contribution in [3.8, 4) is 0 Å². The van der Waals surface area contributed by atoms with Gasteiger partial charge in [-0.25, -0.2) is 0 Å². The Morgan fingerprint density at radius 2 is 2.06 bits per heavy atom. The van der Waals surface area contributed by atoms with Gasteiger partial charge in [0.15, 0.2) is 0 Å². The standard InChI is InChI=1S/C14H26N2O2/c1-11-6-12(2)10-16(9-11)14(17)8-15-7-13-4-3-5-18-13/h11-13,15H,3-10H2,1-2H3. The van der Waals surface area contributed by atoms with Crippen LogP contribution in [0, 0.1) is 11.8 Å². The molecule has 0 saturated carbocycles. The van der Waals surface area contributed by atoms with E-state index in [1.165, 1.54) is 6.42 Å². The van der Waals surface area contributed by atoms with Crippen LogP contribution in [0.2, 0.25) is 0 Å². The van der Waals surface area contributed by atoms with Gasteiger partial charge in [-0.05, 0) is 31.1 Å². The molecule has 0 aromatic rings. The van der Waals surface area contributed by atoms with Crippen LogP contribution in [-0.4, -0.2) is 49.7 Å². The summed E-state index contributed by atoms with van der Waals surface area (Å²) < 4.78 is 5.53. The Kier molecular flexibility index (Phi) is 5.01. The highest BCUT2D eigenvalue weighted by Crippen LogP contribution is 2.20. The van der Waals surface area contributed by atoms with E-state index in [2.05, 4.69) is 19.2 Å². The molecule has 0 aliphatic carbocycles. The predicted octanol–water partition coefficient (Wildman–Crippen LogP) is 1.26. The van der Waals surface area contributed by atoms with E-state index in [-0.39, 0.29) is 5.91 Å². The van der Waals surface area contributed by atoms with Crippen molar-refractivity contribution in [3.63, 3.8) is 0 Å². The van der Waals surface area contributed by atoms with Crippen LogP contribution in [0.3, 0.4) is 0 Å². The van der Waals surface area contributed by atoms with Crippen LogP contribution in [0.15, 0.2) is 0 Å².